The molecule has 9 heteroatoms. The Morgan fingerprint density at radius 2 is 1.75 bits per heavy atom. The van der Waals surface area contributed by atoms with Crippen LogP contribution in [0.1, 0.15) is 38.8 Å². The Balaban J connectivity index is 1.51. The Morgan fingerprint density at radius 1 is 0.950 bits per heavy atom. The lowest BCUT2D eigenvalue weighted by atomic mass is 9.94. The zero-order valence-electron chi connectivity index (χ0n) is 21.5. The summed E-state index contributed by atoms with van der Waals surface area (Å²) in [7, 11) is 0. The van der Waals surface area contributed by atoms with Gasteiger partial charge in [-0.3, -0.25) is 14.6 Å². The maximum atomic E-state index is 14.1. The predicted molar refractivity (Wildman–Crippen MR) is 149 cm³/mol. The summed E-state index contributed by atoms with van der Waals surface area (Å²) in [6, 6.07) is 18.6. The third kappa shape index (κ3) is 5.89. The maximum absolute atomic E-state index is 14.1. The van der Waals surface area contributed by atoms with Crippen LogP contribution >= 0.6 is 0 Å². The van der Waals surface area contributed by atoms with E-state index in [0.29, 0.717) is 34.5 Å². The second-order valence-electron chi connectivity index (χ2n) is 9.56. The third-order valence-corrected chi connectivity index (χ3v) is 6.74. The van der Waals surface area contributed by atoms with E-state index in [1.807, 2.05) is 24.3 Å². The topological polar surface area (TPSA) is 127 Å². The number of carbonyl (C=O) groups excluding carboxylic acids is 2. The van der Waals surface area contributed by atoms with Gasteiger partial charge in [0.2, 0.25) is 11.8 Å². The monoisotopic (exact) mass is 539 g/mol. The number of nitrogens with two attached hydrogens (primary N) is 2. The zero-order valence-corrected chi connectivity index (χ0v) is 21.5. The van der Waals surface area contributed by atoms with Crippen molar-refractivity contribution in [3.8, 4) is 11.1 Å². The maximum Gasteiger partial charge on any atom is 0.248 e. The molecule has 0 fully saturated rings. The molecule has 0 unspecified atom stereocenters. The number of benzene rings is 3. The summed E-state index contributed by atoms with van der Waals surface area (Å²) < 4.78 is 28.1. The quantitative estimate of drug-likeness (QED) is 0.216. The van der Waals surface area contributed by atoms with Crippen molar-refractivity contribution >= 4 is 22.7 Å². The van der Waals surface area contributed by atoms with Crippen molar-refractivity contribution in [1.29, 1.82) is 0 Å². The third-order valence-electron chi connectivity index (χ3n) is 6.74. The fourth-order valence-electron chi connectivity index (χ4n) is 4.88. The van der Waals surface area contributed by atoms with E-state index < -0.39 is 23.6 Å². The van der Waals surface area contributed by atoms with E-state index in [9.17, 15) is 18.4 Å². The summed E-state index contributed by atoms with van der Waals surface area (Å²) in [4.78, 5) is 33.0. The summed E-state index contributed by atoms with van der Waals surface area (Å²) in [6.45, 7) is 0.373. The predicted octanol–water partition coefficient (Wildman–Crippen LogP) is 4.71. The van der Waals surface area contributed by atoms with E-state index in [0.717, 1.165) is 28.1 Å². The molecule has 2 aromatic heterocycles. The Morgan fingerprint density at radius 3 is 2.50 bits per heavy atom. The first-order chi connectivity index (χ1) is 19.3. The van der Waals surface area contributed by atoms with Gasteiger partial charge in [-0.1, -0.05) is 24.3 Å². The van der Waals surface area contributed by atoms with Gasteiger partial charge in [0.25, 0.3) is 0 Å². The first-order valence-electron chi connectivity index (χ1n) is 12.7. The van der Waals surface area contributed by atoms with E-state index in [1.165, 1.54) is 12.1 Å². The number of primary amides is 1. The van der Waals surface area contributed by atoms with Crippen LogP contribution in [0.25, 0.3) is 22.0 Å². The van der Waals surface area contributed by atoms with Gasteiger partial charge in [0.05, 0.1) is 18.2 Å². The highest BCUT2D eigenvalue weighted by Crippen LogP contribution is 2.30. The van der Waals surface area contributed by atoms with Crippen LogP contribution in [0.4, 0.5) is 8.78 Å². The standard InChI is InChI=1S/C31H27F2N5O2/c32-23-9-19(10-24(33)15-23)12-28(30-25(5-2-8-36-30)20-3-1-4-21(13-20)31(35)40)38-29(39)14-22-17-37-27-7-6-18(16-34)11-26(22)27/h1-11,13,15,17,28,37H,12,14,16,34H2,(H2,35,40)(H,38,39)/t28-/m0/s1. The number of amides is 2. The molecule has 7 nitrogen and oxygen atoms in total. The first-order valence-corrected chi connectivity index (χ1v) is 12.7. The Labute approximate surface area is 229 Å². The molecule has 0 aliphatic carbocycles. The number of aromatic amines is 1. The number of rotatable bonds is 9. The molecule has 0 bridgehead atoms. The molecule has 5 rings (SSSR count). The molecule has 0 aliphatic heterocycles. The molecule has 0 saturated carbocycles. The number of carbonyl (C=O) groups is 2. The van der Waals surface area contributed by atoms with Crippen LogP contribution in [0, 0.1) is 11.6 Å². The SMILES string of the molecule is NCc1ccc2[nH]cc(CC(=O)N[C@@H](Cc3cc(F)cc(F)c3)c3ncccc3-c3cccc(C(N)=O)c3)c2c1. The number of hydrogen-bond acceptors (Lipinski definition) is 4. The Bertz CT molecular complexity index is 1700. The molecule has 2 heterocycles. The van der Waals surface area contributed by atoms with Crippen molar-refractivity contribution in [2.75, 3.05) is 0 Å². The summed E-state index contributed by atoms with van der Waals surface area (Å²) in [5.74, 6) is -2.32. The fourth-order valence-corrected chi connectivity index (χ4v) is 4.88. The molecule has 2 amide bonds. The van der Waals surface area contributed by atoms with E-state index >= 15 is 0 Å². The number of H-pyrrole nitrogens is 1. The van der Waals surface area contributed by atoms with Crippen molar-refractivity contribution in [3.63, 3.8) is 0 Å². The van der Waals surface area contributed by atoms with E-state index in [4.69, 9.17) is 11.5 Å². The van der Waals surface area contributed by atoms with Gasteiger partial charge in [0.1, 0.15) is 11.6 Å². The molecule has 202 valence electrons. The van der Waals surface area contributed by atoms with Crippen LogP contribution in [0.15, 0.2) is 85.2 Å². The van der Waals surface area contributed by atoms with Gasteiger partial charge >= 0.3 is 0 Å². The van der Waals surface area contributed by atoms with Crippen LogP contribution < -0.4 is 16.8 Å². The molecule has 0 aliphatic rings. The van der Waals surface area contributed by atoms with Crippen LogP contribution in [0.3, 0.4) is 0 Å². The fraction of sp³-hybridized carbons (Fsp3) is 0.129. The summed E-state index contributed by atoms with van der Waals surface area (Å²) >= 11 is 0. The number of fused-ring (bicyclic) bond motifs is 1. The first kappa shape index (κ1) is 26.7. The normalized spacial score (nSPS) is 11.9. The Kier molecular flexibility index (Phi) is 7.65. The molecule has 6 N–H and O–H groups in total. The molecule has 3 aromatic carbocycles. The second kappa shape index (κ2) is 11.5. The van der Waals surface area contributed by atoms with Gasteiger partial charge in [-0.25, -0.2) is 8.78 Å². The minimum Gasteiger partial charge on any atom is -0.366 e. The molecule has 0 saturated heterocycles. The van der Waals surface area contributed by atoms with E-state index in [-0.39, 0.29) is 18.7 Å². The minimum atomic E-state index is -0.744. The second-order valence-corrected chi connectivity index (χ2v) is 9.56. The summed E-state index contributed by atoms with van der Waals surface area (Å²) in [5.41, 5.74) is 16.3. The van der Waals surface area contributed by atoms with E-state index in [2.05, 4.69) is 15.3 Å². The molecule has 0 spiro atoms. The average Bonchev–Trinajstić information content (AvgIpc) is 3.33. The number of pyridine rings is 1. The van der Waals surface area contributed by atoms with Crippen molar-refractivity contribution in [3.05, 3.63) is 125 Å². The van der Waals surface area contributed by atoms with Crippen molar-refractivity contribution in [1.82, 2.24) is 15.3 Å². The van der Waals surface area contributed by atoms with Gasteiger partial charge < -0.3 is 21.8 Å². The zero-order chi connectivity index (χ0) is 28.2. The van der Waals surface area contributed by atoms with Gasteiger partial charge in [0.15, 0.2) is 0 Å². The van der Waals surface area contributed by atoms with Crippen LogP contribution in [-0.4, -0.2) is 21.8 Å². The van der Waals surface area contributed by atoms with Gasteiger partial charge in [0, 0.05) is 47.0 Å². The minimum absolute atomic E-state index is 0.0569. The largest absolute Gasteiger partial charge is 0.366 e. The van der Waals surface area contributed by atoms with Crippen LogP contribution in [-0.2, 0) is 24.2 Å². The number of aromatic nitrogens is 2. The number of halogens is 2. The number of nitrogens with zero attached hydrogens (tertiary/aromatic N) is 1. The lowest BCUT2D eigenvalue weighted by Gasteiger charge is -2.22. The molecule has 5 aromatic rings. The van der Waals surface area contributed by atoms with Crippen LogP contribution in [0.2, 0.25) is 0 Å². The highest BCUT2D eigenvalue weighted by molar-refractivity contribution is 5.94. The number of nitrogens with one attached hydrogen (secondary N) is 2. The molecular weight excluding hydrogens is 512 g/mol. The Hall–Kier alpha value is -4.89. The lowest BCUT2D eigenvalue weighted by molar-refractivity contribution is -0.121. The average molecular weight is 540 g/mol. The van der Waals surface area contributed by atoms with Crippen molar-refractivity contribution < 1.29 is 18.4 Å². The van der Waals surface area contributed by atoms with E-state index in [1.54, 1.807) is 42.7 Å². The highest BCUT2D eigenvalue weighted by atomic mass is 19.1. The number of hydrogen-bond donors (Lipinski definition) is 4. The van der Waals surface area contributed by atoms with Crippen molar-refractivity contribution in [2.45, 2.75) is 25.4 Å². The lowest BCUT2D eigenvalue weighted by Crippen LogP contribution is -2.32. The molecule has 1 atom stereocenters. The van der Waals surface area contributed by atoms with Gasteiger partial charge in [-0.15, -0.1) is 0 Å². The highest BCUT2D eigenvalue weighted by Gasteiger charge is 2.22. The molecule has 0 radical (unpaired) electrons. The van der Waals surface area contributed by atoms with Crippen molar-refractivity contribution in [2.24, 2.45) is 11.5 Å². The van der Waals surface area contributed by atoms with Crippen LogP contribution in [0.5, 0.6) is 0 Å². The molecular formula is C31H27F2N5O2. The smallest absolute Gasteiger partial charge is 0.248 e. The van der Waals surface area contributed by atoms with Gasteiger partial charge in [-0.05, 0) is 71.1 Å². The summed E-state index contributed by atoms with van der Waals surface area (Å²) in [6.07, 6.45) is 3.49. The summed E-state index contributed by atoms with van der Waals surface area (Å²) in [5, 5.41) is 3.92. The van der Waals surface area contributed by atoms with Gasteiger partial charge in [-0.2, -0.15) is 0 Å². The molecule has 40 heavy (non-hydrogen) atoms.